The number of thioether (sulfide) groups is 1. The standard InChI is InChI=1S/C13H20F3N3S/c1-3-5-6-8-20-11-9-10(13(14,15)16)18-12(19-11)17-7-4-2/h9H,3-8H2,1-2H3,(H,17,18,19). The lowest BCUT2D eigenvalue weighted by molar-refractivity contribution is -0.141. The van der Waals surface area contributed by atoms with E-state index in [0.29, 0.717) is 11.6 Å². The molecule has 1 N–H and O–H groups in total. The molecule has 0 fully saturated rings. The first-order valence-corrected chi connectivity index (χ1v) is 7.78. The molecule has 3 nitrogen and oxygen atoms in total. The van der Waals surface area contributed by atoms with Crippen LogP contribution in [0.3, 0.4) is 0 Å². The third kappa shape index (κ3) is 5.98. The van der Waals surface area contributed by atoms with E-state index in [1.807, 2.05) is 6.92 Å². The highest BCUT2D eigenvalue weighted by Crippen LogP contribution is 2.31. The van der Waals surface area contributed by atoms with Crippen LogP contribution in [0.2, 0.25) is 0 Å². The number of hydrogen-bond acceptors (Lipinski definition) is 4. The zero-order valence-corrected chi connectivity index (χ0v) is 12.6. The van der Waals surface area contributed by atoms with Crippen LogP contribution in [-0.2, 0) is 6.18 Å². The van der Waals surface area contributed by atoms with E-state index in [1.54, 1.807) is 0 Å². The maximum Gasteiger partial charge on any atom is 0.433 e. The Morgan fingerprint density at radius 1 is 1.15 bits per heavy atom. The van der Waals surface area contributed by atoms with Crippen LogP contribution in [0.15, 0.2) is 11.1 Å². The molecule has 1 rings (SSSR count). The van der Waals surface area contributed by atoms with Gasteiger partial charge in [-0.25, -0.2) is 9.97 Å². The van der Waals surface area contributed by atoms with Gasteiger partial charge in [-0.15, -0.1) is 11.8 Å². The number of nitrogens with zero attached hydrogens (tertiary/aromatic N) is 2. The Balaban J connectivity index is 2.80. The van der Waals surface area contributed by atoms with Crippen molar-refractivity contribution < 1.29 is 13.2 Å². The number of aromatic nitrogens is 2. The first-order chi connectivity index (χ1) is 9.47. The number of nitrogens with one attached hydrogen (secondary N) is 1. The van der Waals surface area contributed by atoms with E-state index in [2.05, 4.69) is 22.2 Å². The normalized spacial score (nSPS) is 11.7. The van der Waals surface area contributed by atoms with Crippen LogP contribution in [0.5, 0.6) is 0 Å². The number of halogens is 3. The van der Waals surface area contributed by atoms with E-state index in [9.17, 15) is 13.2 Å². The first-order valence-electron chi connectivity index (χ1n) is 6.80. The summed E-state index contributed by atoms with van der Waals surface area (Å²) >= 11 is 1.35. The fourth-order valence-corrected chi connectivity index (χ4v) is 2.39. The van der Waals surface area contributed by atoms with Crippen molar-refractivity contribution in [1.82, 2.24) is 9.97 Å². The summed E-state index contributed by atoms with van der Waals surface area (Å²) in [5.74, 6) is 0.828. The Hall–Kier alpha value is -0.980. The van der Waals surface area contributed by atoms with E-state index in [1.165, 1.54) is 11.8 Å². The Morgan fingerprint density at radius 2 is 1.90 bits per heavy atom. The molecule has 0 unspecified atom stereocenters. The van der Waals surface area contributed by atoms with Gasteiger partial charge in [0.25, 0.3) is 0 Å². The molecule has 1 heterocycles. The summed E-state index contributed by atoms with van der Waals surface area (Å²) in [5.41, 5.74) is -0.885. The van der Waals surface area contributed by atoms with Crippen molar-refractivity contribution in [3.8, 4) is 0 Å². The second-order valence-electron chi connectivity index (χ2n) is 4.40. The maximum absolute atomic E-state index is 12.8. The molecule has 0 aliphatic rings. The highest BCUT2D eigenvalue weighted by atomic mass is 32.2. The molecule has 0 aliphatic carbocycles. The molecule has 114 valence electrons. The summed E-state index contributed by atoms with van der Waals surface area (Å²) in [6, 6.07) is 1.02. The molecule has 0 saturated heterocycles. The molecule has 0 atom stereocenters. The lowest BCUT2D eigenvalue weighted by Gasteiger charge is -2.11. The Labute approximate surface area is 121 Å². The van der Waals surface area contributed by atoms with Gasteiger partial charge in [-0.2, -0.15) is 13.2 Å². The average molecular weight is 307 g/mol. The molecule has 20 heavy (non-hydrogen) atoms. The van der Waals surface area contributed by atoms with Gasteiger partial charge >= 0.3 is 6.18 Å². The van der Waals surface area contributed by atoms with Crippen LogP contribution in [0.1, 0.15) is 45.2 Å². The number of alkyl halides is 3. The van der Waals surface area contributed by atoms with E-state index < -0.39 is 11.9 Å². The predicted octanol–water partition coefficient (Wildman–Crippen LogP) is 4.60. The molecular weight excluding hydrogens is 287 g/mol. The fraction of sp³-hybridized carbons (Fsp3) is 0.692. The molecule has 0 radical (unpaired) electrons. The number of hydrogen-bond donors (Lipinski definition) is 1. The average Bonchev–Trinajstić information content (AvgIpc) is 2.40. The quantitative estimate of drug-likeness (QED) is 0.433. The third-order valence-corrected chi connectivity index (χ3v) is 3.52. The SMILES string of the molecule is CCCCCSc1cc(C(F)(F)F)nc(NCCC)n1. The predicted molar refractivity (Wildman–Crippen MR) is 76.1 cm³/mol. The van der Waals surface area contributed by atoms with Crippen LogP contribution in [0.4, 0.5) is 19.1 Å². The third-order valence-electron chi connectivity index (χ3n) is 2.52. The van der Waals surface area contributed by atoms with Gasteiger partial charge in [0, 0.05) is 12.6 Å². The number of unbranched alkanes of at least 4 members (excludes halogenated alkanes) is 2. The van der Waals surface area contributed by atoms with E-state index in [0.717, 1.165) is 37.5 Å². The summed E-state index contributed by atoms with van der Waals surface area (Å²) < 4.78 is 38.4. The molecule has 0 aromatic carbocycles. The summed E-state index contributed by atoms with van der Waals surface area (Å²) in [6.45, 7) is 4.58. The minimum Gasteiger partial charge on any atom is -0.354 e. The van der Waals surface area contributed by atoms with Crippen LogP contribution >= 0.6 is 11.8 Å². The highest BCUT2D eigenvalue weighted by molar-refractivity contribution is 7.99. The minimum absolute atomic E-state index is 0.0552. The van der Waals surface area contributed by atoms with E-state index in [-0.39, 0.29) is 5.95 Å². The van der Waals surface area contributed by atoms with Crippen LogP contribution in [0, 0.1) is 0 Å². The van der Waals surface area contributed by atoms with Gasteiger partial charge in [0.05, 0.1) is 0 Å². The number of anilines is 1. The Morgan fingerprint density at radius 3 is 2.50 bits per heavy atom. The largest absolute Gasteiger partial charge is 0.433 e. The van der Waals surface area contributed by atoms with Crippen LogP contribution in [0.25, 0.3) is 0 Å². The van der Waals surface area contributed by atoms with Crippen molar-refractivity contribution in [2.45, 2.75) is 50.7 Å². The minimum atomic E-state index is -4.44. The molecule has 0 bridgehead atoms. The Bertz CT molecular complexity index is 410. The van der Waals surface area contributed by atoms with Gasteiger partial charge < -0.3 is 5.32 Å². The Kier molecular flexibility index (Phi) is 7.12. The molecule has 7 heteroatoms. The van der Waals surface area contributed by atoms with Gasteiger partial charge in [0.15, 0.2) is 5.69 Å². The summed E-state index contributed by atoms with van der Waals surface area (Å²) in [7, 11) is 0. The van der Waals surface area contributed by atoms with Gasteiger partial charge in [-0.3, -0.25) is 0 Å². The molecule has 1 aromatic heterocycles. The summed E-state index contributed by atoms with van der Waals surface area (Å²) in [4.78, 5) is 7.65. The molecule has 0 aliphatic heterocycles. The molecule has 0 spiro atoms. The van der Waals surface area contributed by atoms with Gasteiger partial charge in [-0.1, -0.05) is 26.7 Å². The number of rotatable bonds is 8. The maximum atomic E-state index is 12.8. The molecule has 1 aromatic rings. The zero-order valence-electron chi connectivity index (χ0n) is 11.8. The smallest absolute Gasteiger partial charge is 0.354 e. The van der Waals surface area contributed by atoms with Crippen molar-refractivity contribution in [3.05, 3.63) is 11.8 Å². The highest BCUT2D eigenvalue weighted by Gasteiger charge is 2.33. The fourth-order valence-electron chi connectivity index (χ4n) is 1.49. The van der Waals surface area contributed by atoms with Crippen LogP contribution in [-0.4, -0.2) is 22.3 Å². The zero-order chi connectivity index (χ0) is 15.0. The lowest BCUT2D eigenvalue weighted by Crippen LogP contribution is -2.13. The van der Waals surface area contributed by atoms with Crippen LogP contribution < -0.4 is 5.32 Å². The van der Waals surface area contributed by atoms with Crippen molar-refractivity contribution >= 4 is 17.7 Å². The first kappa shape index (κ1) is 17.1. The second-order valence-corrected chi connectivity index (χ2v) is 5.51. The molecule has 0 saturated carbocycles. The lowest BCUT2D eigenvalue weighted by atomic mass is 10.3. The molecular formula is C13H20F3N3S. The summed E-state index contributed by atoms with van der Waals surface area (Å²) in [5, 5.41) is 3.19. The van der Waals surface area contributed by atoms with E-state index >= 15 is 0 Å². The van der Waals surface area contributed by atoms with Crippen molar-refractivity contribution in [3.63, 3.8) is 0 Å². The summed E-state index contributed by atoms with van der Waals surface area (Å²) in [6.07, 6.45) is -0.500. The van der Waals surface area contributed by atoms with Gasteiger partial charge in [0.1, 0.15) is 5.03 Å². The molecule has 0 amide bonds. The topological polar surface area (TPSA) is 37.8 Å². The van der Waals surface area contributed by atoms with Crippen molar-refractivity contribution in [1.29, 1.82) is 0 Å². The van der Waals surface area contributed by atoms with E-state index in [4.69, 9.17) is 0 Å². The van der Waals surface area contributed by atoms with Crippen molar-refractivity contribution in [2.75, 3.05) is 17.6 Å². The van der Waals surface area contributed by atoms with Gasteiger partial charge in [-0.05, 0) is 18.6 Å². The second kappa shape index (κ2) is 8.34. The monoisotopic (exact) mass is 307 g/mol. The van der Waals surface area contributed by atoms with Gasteiger partial charge in [0.2, 0.25) is 5.95 Å². The van der Waals surface area contributed by atoms with Crippen molar-refractivity contribution in [2.24, 2.45) is 0 Å².